The first-order valence-electron chi connectivity index (χ1n) is 7.78. The van der Waals surface area contributed by atoms with E-state index in [1.807, 2.05) is 11.3 Å². The van der Waals surface area contributed by atoms with Gasteiger partial charge >= 0.3 is 0 Å². The van der Waals surface area contributed by atoms with Gasteiger partial charge in [-0.15, -0.1) is 11.3 Å². The summed E-state index contributed by atoms with van der Waals surface area (Å²) in [6.07, 6.45) is 2.06. The molecular formula is C16H28N4OS. The summed E-state index contributed by atoms with van der Waals surface area (Å²) in [5, 5.41) is 6.64. The van der Waals surface area contributed by atoms with Crippen molar-refractivity contribution in [3.63, 3.8) is 0 Å². The molecule has 0 aliphatic heterocycles. The molecule has 1 amide bonds. The molecule has 1 unspecified atom stereocenters. The van der Waals surface area contributed by atoms with E-state index in [4.69, 9.17) is 0 Å². The lowest BCUT2D eigenvalue weighted by Gasteiger charge is -2.17. The highest BCUT2D eigenvalue weighted by atomic mass is 32.1. The van der Waals surface area contributed by atoms with Crippen molar-refractivity contribution in [2.45, 2.75) is 46.2 Å². The Kier molecular flexibility index (Phi) is 7.95. The second-order valence-electron chi connectivity index (χ2n) is 5.48. The van der Waals surface area contributed by atoms with Crippen LogP contribution in [-0.2, 0) is 17.8 Å². The number of carbonyl (C=O) groups excluding carboxylic acids is 1. The molecule has 0 bridgehead atoms. The lowest BCUT2D eigenvalue weighted by molar-refractivity contribution is -0.127. The molecule has 1 heterocycles. The summed E-state index contributed by atoms with van der Waals surface area (Å²) in [5.41, 5.74) is 0. The minimum atomic E-state index is -0.00496. The quantitative estimate of drug-likeness (QED) is 0.597. The number of hydrogen-bond donors (Lipinski definition) is 2. The molecule has 0 aromatic carbocycles. The lowest BCUT2D eigenvalue weighted by atomic mass is 10.3. The van der Waals surface area contributed by atoms with E-state index in [1.165, 1.54) is 9.75 Å². The van der Waals surface area contributed by atoms with Crippen molar-refractivity contribution >= 4 is 23.2 Å². The number of nitrogens with zero attached hydrogens (tertiary/aromatic N) is 2. The fraction of sp³-hybridized carbons (Fsp3) is 0.625. The molecule has 1 atom stereocenters. The van der Waals surface area contributed by atoms with Crippen molar-refractivity contribution in [1.29, 1.82) is 0 Å². The Morgan fingerprint density at radius 2 is 2.00 bits per heavy atom. The van der Waals surface area contributed by atoms with Crippen molar-refractivity contribution in [1.82, 2.24) is 15.5 Å². The fourth-order valence-corrected chi connectivity index (χ4v) is 2.55. The van der Waals surface area contributed by atoms with Gasteiger partial charge in [0.15, 0.2) is 5.96 Å². The van der Waals surface area contributed by atoms with Gasteiger partial charge in [-0.1, -0.05) is 13.8 Å². The van der Waals surface area contributed by atoms with Crippen LogP contribution in [0.2, 0.25) is 0 Å². The molecule has 6 heteroatoms. The molecule has 0 radical (unpaired) electrons. The predicted octanol–water partition coefficient (Wildman–Crippen LogP) is 2.23. The number of likely N-dealkylation sites (N-methyl/N-ethyl adjacent to an activating group) is 1. The molecule has 124 valence electrons. The van der Waals surface area contributed by atoms with Crippen LogP contribution in [-0.4, -0.2) is 43.4 Å². The molecule has 2 N–H and O–H groups in total. The zero-order valence-electron chi connectivity index (χ0n) is 14.3. The highest BCUT2D eigenvalue weighted by molar-refractivity contribution is 7.11. The molecule has 0 saturated carbocycles. The van der Waals surface area contributed by atoms with Crippen molar-refractivity contribution < 1.29 is 4.79 Å². The Balaban J connectivity index is 2.64. The van der Waals surface area contributed by atoms with Crippen molar-refractivity contribution in [3.05, 3.63) is 21.9 Å². The van der Waals surface area contributed by atoms with Crippen LogP contribution in [0.5, 0.6) is 0 Å². The zero-order chi connectivity index (χ0) is 16.5. The molecule has 1 aromatic rings. The number of aliphatic imine (C=N–C) groups is 1. The smallest absolute Gasteiger partial charge is 0.243 e. The van der Waals surface area contributed by atoms with E-state index < -0.39 is 0 Å². The second-order valence-corrected chi connectivity index (χ2v) is 6.73. The molecule has 0 aliphatic carbocycles. The maximum atomic E-state index is 11.7. The van der Waals surface area contributed by atoms with Gasteiger partial charge in [0.25, 0.3) is 0 Å². The van der Waals surface area contributed by atoms with E-state index >= 15 is 0 Å². The monoisotopic (exact) mass is 324 g/mol. The summed E-state index contributed by atoms with van der Waals surface area (Å²) in [4.78, 5) is 20.3. The third-order valence-corrected chi connectivity index (χ3v) is 4.59. The fourth-order valence-electron chi connectivity index (χ4n) is 1.65. The van der Waals surface area contributed by atoms with Gasteiger partial charge in [-0.3, -0.25) is 4.79 Å². The molecule has 0 spiro atoms. The van der Waals surface area contributed by atoms with Crippen LogP contribution in [0.3, 0.4) is 0 Å². The van der Waals surface area contributed by atoms with Crippen LogP contribution in [0.1, 0.15) is 36.9 Å². The zero-order valence-corrected chi connectivity index (χ0v) is 15.1. The van der Waals surface area contributed by atoms with Crippen molar-refractivity contribution in [2.24, 2.45) is 4.99 Å². The summed E-state index contributed by atoms with van der Waals surface area (Å²) in [7, 11) is 3.48. The number of hydrogen-bond acceptors (Lipinski definition) is 3. The van der Waals surface area contributed by atoms with E-state index in [-0.39, 0.29) is 12.5 Å². The Bertz CT molecular complexity index is 496. The second kappa shape index (κ2) is 9.46. The number of aryl methyl sites for hydroxylation is 1. The first kappa shape index (κ1) is 18.5. The molecule has 0 aliphatic rings. The van der Waals surface area contributed by atoms with Gasteiger partial charge < -0.3 is 15.5 Å². The van der Waals surface area contributed by atoms with Crippen LogP contribution in [0, 0.1) is 0 Å². The Labute approximate surface area is 137 Å². The molecular weight excluding hydrogens is 296 g/mol. The largest absolute Gasteiger partial charge is 0.354 e. The average Bonchev–Trinajstić information content (AvgIpc) is 2.97. The Morgan fingerprint density at radius 1 is 1.32 bits per heavy atom. The number of thiophene rings is 1. The number of nitrogens with one attached hydrogen (secondary N) is 2. The number of rotatable bonds is 7. The van der Waals surface area contributed by atoms with E-state index in [0.717, 1.165) is 19.4 Å². The predicted molar refractivity (Wildman–Crippen MR) is 94.4 cm³/mol. The molecule has 1 aromatic heterocycles. The van der Waals surface area contributed by atoms with Gasteiger partial charge in [0.05, 0.1) is 6.54 Å². The topological polar surface area (TPSA) is 56.7 Å². The van der Waals surface area contributed by atoms with E-state index in [2.05, 4.69) is 48.5 Å². The van der Waals surface area contributed by atoms with Crippen LogP contribution in [0.15, 0.2) is 17.1 Å². The molecule has 22 heavy (non-hydrogen) atoms. The van der Waals surface area contributed by atoms with E-state index in [0.29, 0.717) is 12.0 Å². The third kappa shape index (κ3) is 6.47. The average molecular weight is 324 g/mol. The summed E-state index contributed by atoms with van der Waals surface area (Å²) in [5.74, 6) is 0.686. The minimum absolute atomic E-state index is 0.00496. The molecule has 0 saturated heterocycles. The van der Waals surface area contributed by atoms with E-state index in [1.54, 1.807) is 19.0 Å². The Morgan fingerprint density at radius 3 is 2.55 bits per heavy atom. The highest BCUT2D eigenvalue weighted by Crippen LogP contribution is 2.16. The van der Waals surface area contributed by atoms with Crippen molar-refractivity contribution in [2.75, 3.05) is 20.6 Å². The number of amides is 1. The minimum Gasteiger partial charge on any atom is -0.354 e. The summed E-state index contributed by atoms with van der Waals surface area (Å²) in [6, 6.07) is 4.62. The lowest BCUT2D eigenvalue weighted by Crippen LogP contribution is -2.42. The molecule has 0 fully saturated rings. The Hall–Kier alpha value is -1.56. The molecule has 1 rings (SSSR count). The van der Waals surface area contributed by atoms with Crippen molar-refractivity contribution in [3.8, 4) is 0 Å². The van der Waals surface area contributed by atoms with Gasteiger partial charge in [-0.05, 0) is 31.9 Å². The van der Waals surface area contributed by atoms with Gasteiger partial charge in [-0.2, -0.15) is 0 Å². The number of carbonyl (C=O) groups is 1. The first-order chi connectivity index (χ1) is 10.5. The van der Waals surface area contributed by atoms with Gasteiger partial charge in [0.2, 0.25) is 5.91 Å². The van der Waals surface area contributed by atoms with Crippen LogP contribution in [0.4, 0.5) is 0 Å². The van der Waals surface area contributed by atoms with Crippen LogP contribution < -0.4 is 10.6 Å². The summed E-state index contributed by atoms with van der Waals surface area (Å²) >= 11 is 1.81. The van der Waals surface area contributed by atoms with Gasteiger partial charge in [0.1, 0.15) is 6.54 Å². The summed E-state index contributed by atoms with van der Waals surface area (Å²) < 4.78 is 0. The normalized spacial score (nSPS) is 12.9. The number of guanidine groups is 1. The van der Waals surface area contributed by atoms with Crippen LogP contribution in [0.25, 0.3) is 0 Å². The van der Waals surface area contributed by atoms with Crippen LogP contribution >= 0.6 is 11.3 Å². The van der Waals surface area contributed by atoms with Gasteiger partial charge in [0, 0.05) is 29.9 Å². The standard InChI is InChI=1S/C16H28N4OS/c1-6-12(3)19-16(18-11-15(21)20(4)5)17-10-14-9-8-13(7-2)22-14/h8-9,12H,6-7,10-11H2,1-5H3,(H2,17,18,19). The molecule has 5 nitrogen and oxygen atoms in total. The maximum absolute atomic E-state index is 11.7. The first-order valence-corrected chi connectivity index (χ1v) is 8.60. The SMILES string of the molecule is CCc1ccc(CNC(=NCC(=O)N(C)C)NC(C)CC)s1. The van der Waals surface area contributed by atoms with Gasteiger partial charge in [-0.25, -0.2) is 4.99 Å². The maximum Gasteiger partial charge on any atom is 0.243 e. The third-order valence-electron chi connectivity index (χ3n) is 3.36. The highest BCUT2D eigenvalue weighted by Gasteiger charge is 2.07. The van der Waals surface area contributed by atoms with E-state index in [9.17, 15) is 4.79 Å². The summed E-state index contributed by atoms with van der Waals surface area (Å²) in [6.45, 7) is 7.26.